The molecule has 154 valence electrons. The summed E-state index contributed by atoms with van der Waals surface area (Å²) in [7, 11) is -2.07. The highest BCUT2D eigenvalue weighted by atomic mass is 28.4. The summed E-state index contributed by atoms with van der Waals surface area (Å²) in [4.78, 5) is 0. The molecule has 0 N–H and O–H groups in total. The number of benzene rings is 1. The summed E-state index contributed by atoms with van der Waals surface area (Å²) in [5, 5.41) is 6.01. The zero-order valence-electron chi connectivity index (χ0n) is 18.9. The van der Waals surface area contributed by atoms with E-state index in [4.69, 9.17) is 13.7 Å². The molecule has 0 saturated carbocycles. The Balaban J connectivity index is 1.70. The van der Waals surface area contributed by atoms with E-state index >= 15 is 0 Å². The van der Waals surface area contributed by atoms with Crippen molar-refractivity contribution in [2.45, 2.75) is 84.3 Å². The lowest BCUT2D eigenvalue weighted by atomic mass is 9.79. The SMILES string of the molecule is CC1(C)OB(c2ccc3nn(CCO[Si](C)(C)C(C)(C)C)cc3c2)OC1(C)C. The van der Waals surface area contributed by atoms with Crippen LogP contribution in [0.3, 0.4) is 0 Å². The summed E-state index contributed by atoms with van der Waals surface area (Å²) < 4.78 is 20.6. The van der Waals surface area contributed by atoms with Crippen LogP contribution in [0.5, 0.6) is 0 Å². The molecule has 7 heteroatoms. The molecule has 1 saturated heterocycles. The molecule has 1 aromatic heterocycles. The molecule has 0 bridgehead atoms. The first kappa shape index (κ1) is 21.6. The second-order valence-electron chi connectivity index (χ2n) is 10.4. The summed E-state index contributed by atoms with van der Waals surface area (Å²) in [6.07, 6.45) is 2.08. The number of nitrogens with zero attached hydrogens (tertiary/aromatic N) is 2. The average Bonchev–Trinajstić information content (AvgIpc) is 3.02. The zero-order chi connectivity index (χ0) is 21.0. The highest BCUT2D eigenvalue weighted by molar-refractivity contribution is 6.74. The molecule has 2 heterocycles. The first-order valence-corrected chi connectivity index (χ1v) is 13.1. The van der Waals surface area contributed by atoms with Gasteiger partial charge >= 0.3 is 7.12 Å². The van der Waals surface area contributed by atoms with Gasteiger partial charge < -0.3 is 13.7 Å². The minimum absolute atomic E-state index is 0.222. The maximum atomic E-state index is 6.28. The predicted molar refractivity (Wildman–Crippen MR) is 119 cm³/mol. The molecule has 1 fully saturated rings. The second-order valence-corrected chi connectivity index (χ2v) is 15.2. The van der Waals surface area contributed by atoms with Crippen molar-refractivity contribution < 1.29 is 13.7 Å². The normalized spacial score (nSPS) is 19.5. The van der Waals surface area contributed by atoms with Gasteiger partial charge in [0, 0.05) is 11.6 Å². The Hall–Kier alpha value is -1.15. The van der Waals surface area contributed by atoms with Crippen LogP contribution in [0.1, 0.15) is 48.5 Å². The van der Waals surface area contributed by atoms with Gasteiger partial charge in [-0.2, -0.15) is 5.10 Å². The van der Waals surface area contributed by atoms with Crippen molar-refractivity contribution in [1.29, 1.82) is 0 Å². The third-order valence-electron chi connectivity index (χ3n) is 6.69. The van der Waals surface area contributed by atoms with Crippen LogP contribution in [0, 0.1) is 0 Å². The van der Waals surface area contributed by atoms with Crippen molar-refractivity contribution >= 4 is 31.8 Å². The zero-order valence-corrected chi connectivity index (χ0v) is 19.9. The molecule has 2 aromatic rings. The fourth-order valence-corrected chi connectivity index (χ4v) is 3.98. The van der Waals surface area contributed by atoms with Crippen molar-refractivity contribution in [3.05, 3.63) is 24.4 Å². The molecule has 0 atom stereocenters. The minimum Gasteiger partial charge on any atom is -0.415 e. The number of fused-ring (bicyclic) bond motifs is 1. The van der Waals surface area contributed by atoms with Gasteiger partial charge in [0.2, 0.25) is 0 Å². The van der Waals surface area contributed by atoms with Crippen LogP contribution < -0.4 is 5.46 Å². The summed E-state index contributed by atoms with van der Waals surface area (Å²) in [5.74, 6) is 0. The van der Waals surface area contributed by atoms with Gasteiger partial charge in [-0.3, -0.25) is 4.68 Å². The van der Waals surface area contributed by atoms with Gasteiger partial charge in [-0.15, -0.1) is 0 Å². The smallest absolute Gasteiger partial charge is 0.415 e. The quantitative estimate of drug-likeness (QED) is 0.698. The third kappa shape index (κ3) is 4.08. The number of aromatic nitrogens is 2. The standard InChI is InChI=1S/C21H35BN2O3Si/c1-19(2,3)28(8,9)25-13-12-24-15-16-14-17(10-11-18(16)23-24)22-26-20(4,5)21(6,7)27-22/h10-11,14-15H,12-13H2,1-9H3. The van der Waals surface area contributed by atoms with E-state index in [0.717, 1.165) is 22.9 Å². The predicted octanol–water partition coefficient (Wildman–Crippen LogP) is 4.36. The van der Waals surface area contributed by atoms with E-state index in [0.29, 0.717) is 6.61 Å². The Morgan fingerprint density at radius 2 is 1.71 bits per heavy atom. The topological polar surface area (TPSA) is 45.5 Å². The molecule has 1 aliphatic heterocycles. The molecule has 1 aliphatic rings. The molecule has 0 spiro atoms. The lowest BCUT2D eigenvalue weighted by molar-refractivity contribution is 0.00578. The highest BCUT2D eigenvalue weighted by Gasteiger charge is 2.51. The average molecular weight is 402 g/mol. The van der Waals surface area contributed by atoms with Gasteiger partial charge in [-0.1, -0.05) is 32.9 Å². The van der Waals surface area contributed by atoms with Crippen LogP contribution in [0.15, 0.2) is 24.4 Å². The van der Waals surface area contributed by atoms with Crippen LogP contribution >= 0.6 is 0 Å². The monoisotopic (exact) mass is 402 g/mol. The van der Waals surface area contributed by atoms with Gasteiger partial charge in [0.25, 0.3) is 0 Å². The Morgan fingerprint density at radius 3 is 2.29 bits per heavy atom. The lowest BCUT2D eigenvalue weighted by Crippen LogP contribution is -2.41. The largest absolute Gasteiger partial charge is 0.494 e. The van der Waals surface area contributed by atoms with Crippen LogP contribution in [0.25, 0.3) is 10.9 Å². The molecule has 0 unspecified atom stereocenters. The third-order valence-corrected chi connectivity index (χ3v) is 11.2. The van der Waals surface area contributed by atoms with Gasteiger partial charge in [0.15, 0.2) is 8.32 Å². The molecule has 1 aromatic carbocycles. The van der Waals surface area contributed by atoms with E-state index in [1.165, 1.54) is 0 Å². The van der Waals surface area contributed by atoms with Crippen molar-refractivity contribution in [2.24, 2.45) is 0 Å². The van der Waals surface area contributed by atoms with Gasteiger partial charge in [-0.05, 0) is 57.4 Å². The van der Waals surface area contributed by atoms with E-state index in [1.54, 1.807) is 0 Å². The van der Waals surface area contributed by atoms with Crippen LogP contribution in [-0.2, 0) is 20.3 Å². The second kappa shape index (κ2) is 6.97. The van der Waals surface area contributed by atoms with Crippen molar-refractivity contribution in [3.63, 3.8) is 0 Å². The highest BCUT2D eigenvalue weighted by Crippen LogP contribution is 2.37. The first-order valence-electron chi connectivity index (χ1n) is 10.2. The van der Waals surface area contributed by atoms with Gasteiger partial charge in [0.1, 0.15) is 0 Å². The number of rotatable bonds is 5. The lowest BCUT2D eigenvalue weighted by Gasteiger charge is -2.36. The van der Waals surface area contributed by atoms with Crippen molar-refractivity contribution in [3.8, 4) is 0 Å². The number of hydrogen-bond donors (Lipinski definition) is 0. The van der Waals surface area contributed by atoms with Crippen LogP contribution in [0.2, 0.25) is 18.1 Å². The summed E-state index contributed by atoms with van der Waals surface area (Å²) in [6, 6.07) is 6.21. The Bertz CT molecular complexity index is 839. The minimum atomic E-state index is -1.73. The molecule has 3 rings (SSSR count). The molecule has 0 amide bonds. The van der Waals surface area contributed by atoms with Crippen LogP contribution in [0.4, 0.5) is 0 Å². The van der Waals surface area contributed by atoms with E-state index in [1.807, 2.05) is 16.8 Å². The summed E-state index contributed by atoms with van der Waals surface area (Å²) in [5.41, 5.74) is 1.34. The van der Waals surface area contributed by atoms with Crippen molar-refractivity contribution in [2.75, 3.05) is 6.61 Å². The van der Waals surface area contributed by atoms with E-state index < -0.39 is 8.32 Å². The van der Waals surface area contributed by atoms with Gasteiger partial charge in [0.05, 0.1) is 29.9 Å². The molecular formula is C21H35BN2O3Si. The molecule has 5 nitrogen and oxygen atoms in total. The molecule has 28 heavy (non-hydrogen) atoms. The maximum absolute atomic E-state index is 6.28. The molecule has 0 aliphatic carbocycles. The van der Waals surface area contributed by atoms with E-state index in [-0.39, 0.29) is 23.4 Å². The summed E-state index contributed by atoms with van der Waals surface area (Å²) >= 11 is 0. The van der Waals surface area contributed by atoms with Gasteiger partial charge in [-0.25, -0.2) is 0 Å². The molecule has 0 radical (unpaired) electrons. The number of hydrogen-bond acceptors (Lipinski definition) is 4. The van der Waals surface area contributed by atoms with E-state index in [9.17, 15) is 0 Å². The van der Waals surface area contributed by atoms with E-state index in [2.05, 4.69) is 78.9 Å². The first-order chi connectivity index (χ1) is 12.7. The summed E-state index contributed by atoms with van der Waals surface area (Å²) in [6.45, 7) is 21.1. The molecular weight excluding hydrogens is 367 g/mol. The fraction of sp³-hybridized carbons (Fsp3) is 0.667. The van der Waals surface area contributed by atoms with Crippen LogP contribution in [-0.4, -0.2) is 43.0 Å². The Morgan fingerprint density at radius 1 is 1.11 bits per heavy atom. The fourth-order valence-electron chi connectivity index (χ4n) is 2.95. The van der Waals surface area contributed by atoms with Crippen molar-refractivity contribution in [1.82, 2.24) is 9.78 Å². The Kier molecular flexibility index (Phi) is 5.37. The maximum Gasteiger partial charge on any atom is 0.494 e. The Labute approximate surface area is 171 Å².